The van der Waals surface area contributed by atoms with Crippen molar-refractivity contribution in [3.63, 3.8) is 0 Å². The van der Waals surface area contributed by atoms with Gasteiger partial charge in [0.2, 0.25) is 0 Å². The molecule has 0 bridgehead atoms. The molecule has 2 aromatic heterocycles. The van der Waals surface area contributed by atoms with Crippen molar-refractivity contribution in [2.45, 2.75) is 13.0 Å². The van der Waals surface area contributed by atoms with E-state index < -0.39 is 5.97 Å². The summed E-state index contributed by atoms with van der Waals surface area (Å²) in [4.78, 5) is 10.5. The lowest BCUT2D eigenvalue weighted by Crippen LogP contribution is -2.09. The van der Waals surface area contributed by atoms with Crippen molar-refractivity contribution in [1.82, 2.24) is 20.0 Å². The Hall–Kier alpha value is -2.15. The van der Waals surface area contributed by atoms with Crippen molar-refractivity contribution in [3.05, 3.63) is 35.2 Å². The van der Waals surface area contributed by atoms with E-state index in [0.29, 0.717) is 10.3 Å². The van der Waals surface area contributed by atoms with Crippen LogP contribution in [0, 0.1) is 4.64 Å². The summed E-state index contributed by atoms with van der Waals surface area (Å²) < 4.78 is 1.95. The highest BCUT2D eigenvalue weighted by molar-refractivity contribution is 7.71. The molecule has 0 aliphatic carbocycles. The maximum absolute atomic E-state index is 10.5. The number of carboxylic acid groups (broad SMARTS) is 1. The topological polar surface area (TPSA) is 80.9 Å². The highest BCUT2D eigenvalue weighted by atomic mass is 32.1. The van der Waals surface area contributed by atoms with Crippen LogP contribution < -0.4 is 0 Å². The molecule has 0 radical (unpaired) electrons. The van der Waals surface area contributed by atoms with Gasteiger partial charge in [0.05, 0.1) is 24.9 Å². The van der Waals surface area contributed by atoms with Crippen LogP contribution in [0.1, 0.15) is 6.42 Å². The van der Waals surface area contributed by atoms with Gasteiger partial charge in [-0.2, -0.15) is 15.3 Å². The number of rotatable bonds is 4. The first-order valence-electron chi connectivity index (χ1n) is 5.24. The summed E-state index contributed by atoms with van der Waals surface area (Å²) in [6.07, 6.45) is 3.18. The highest BCUT2D eigenvalue weighted by Crippen LogP contribution is 2.13. The van der Waals surface area contributed by atoms with Crippen molar-refractivity contribution in [2.24, 2.45) is 0 Å². The SMILES string of the molecule is O=C(O)CCn1ncc(-c2cccnn2)cc1=S. The van der Waals surface area contributed by atoms with Crippen LogP contribution in [-0.2, 0) is 11.3 Å². The number of carboxylic acids is 1. The summed E-state index contributed by atoms with van der Waals surface area (Å²) in [7, 11) is 0. The molecule has 0 spiro atoms. The fourth-order valence-electron chi connectivity index (χ4n) is 1.40. The molecule has 7 heteroatoms. The van der Waals surface area contributed by atoms with Crippen molar-refractivity contribution < 1.29 is 9.90 Å². The van der Waals surface area contributed by atoms with Gasteiger partial charge in [0.1, 0.15) is 4.64 Å². The molecule has 2 rings (SSSR count). The molecule has 0 aromatic carbocycles. The van der Waals surface area contributed by atoms with Crippen LogP contribution in [0.3, 0.4) is 0 Å². The summed E-state index contributed by atoms with van der Waals surface area (Å²) in [6, 6.07) is 5.31. The molecule has 0 saturated heterocycles. The zero-order chi connectivity index (χ0) is 13.0. The maximum atomic E-state index is 10.5. The van der Waals surface area contributed by atoms with E-state index in [2.05, 4.69) is 15.3 Å². The summed E-state index contributed by atoms with van der Waals surface area (Å²) in [5.41, 5.74) is 1.45. The Morgan fingerprint density at radius 1 is 1.50 bits per heavy atom. The Balaban J connectivity index is 2.25. The Morgan fingerprint density at radius 3 is 2.94 bits per heavy atom. The summed E-state index contributed by atoms with van der Waals surface area (Å²) in [6.45, 7) is 0.259. The molecule has 18 heavy (non-hydrogen) atoms. The number of hydrogen-bond donors (Lipinski definition) is 1. The van der Waals surface area contributed by atoms with Gasteiger partial charge in [-0.05, 0) is 18.2 Å². The quantitative estimate of drug-likeness (QED) is 0.842. The Kier molecular flexibility index (Phi) is 3.73. The fourth-order valence-corrected chi connectivity index (χ4v) is 1.66. The molecule has 0 aliphatic rings. The third kappa shape index (κ3) is 2.95. The zero-order valence-corrected chi connectivity index (χ0v) is 10.2. The standard InChI is InChI=1S/C11H10N4O2S/c16-11(17)3-5-15-10(18)6-8(7-13-15)9-2-1-4-12-14-9/h1-2,4,6-7H,3,5H2,(H,16,17). The second-order valence-electron chi connectivity index (χ2n) is 3.56. The number of carbonyl (C=O) groups is 1. The number of nitrogens with zero attached hydrogens (tertiary/aromatic N) is 4. The van der Waals surface area contributed by atoms with Gasteiger partial charge < -0.3 is 5.11 Å². The zero-order valence-electron chi connectivity index (χ0n) is 9.35. The van der Waals surface area contributed by atoms with Crippen molar-refractivity contribution in [1.29, 1.82) is 0 Å². The van der Waals surface area contributed by atoms with Gasteiger partial charge in [-0.25, -0.2) is 0 Å². The van der Waals surface area contributed by atoms with Crippen LogP contribution in [-0.4, -0.2) is 31.1 Å². The van der Waals surface area contributed by atoms with E-state index >= 15 is 0 Å². The lowest BCUT2D eigenvalue weighted by molar-refractivity contribution is -0.137. The second kappa shape index (κ2) is 5.46. The van der Waals surface area contributed by atoms with Gasteiger partial charge in [0.25, 0.3) is 0 Å². The van der Waals surface area contributed by atoms with Crippen LogP contribution in [0.15, 0.2) is 30.6 Å². The lowest BCUT2D eigenvalue weighted by Gasteiger charge is -2.05. The van der Waals surface area contributed by atoms with E-state index in [1.54, 1.807) is 30.6 Å². The van der Waals surface area contributed by atoms with Gasteiger partial charge >= 0.3 is 5.97 Å². The van der Waals surface area contributed by atoms with E-state index in [0.717, 1.165) is 5.56 Å². The van der Waals surface area contributed by atoms with Gasteiger partial charge in [0.15, 0.2) is 0 Å². The Bertz CT molecular complexity index is 612. The smallest absolute Gasteiger partial charge is 0.305 e. The summed E-state index contributed by atoms with van der Waals surface area (Å²) in [5, 5.41) is 20.4. The minimum absolute atomic E-state index is 0.00814. The van der Waals surface area contributed by atoms with Crippen molar-refractivity contribution >= 4 is 18.2 Å². The van der Waals surface area contributed by atoms with Gasteiger partial charge in [-0.1, -0.05) is 12.2 Å². The number of aryl methyl sites for hydroxylation is 1. The minimum atomic E-state index is -0.878. The summed E-state index contributed by atoms with van der Waals surface area (Å²) in [5.74, 6) is -0.878. The molecule has 0 unspecified atom stereocenters. The molecular formula is C11H10N4O2S. The molecule has 0 atom stereocenters. The predicted molar refractivity (Wildman–Crippen MR) is 66.3 cm³/mol. The van der Waals surface area contributed by atoms with Crippen LogP contribution >= 0.6 is 12.2 Å². The first-order valence-corrected chi connectivity index (χ1v) is 5.64. The Morgan fingerprint density at radius 2 is 2.33 bits per heavy atom. The van der Waals surface area contributed by atoms with E-state index in [1.807, 2.05) is 0 Å². The van der Waals surface area contributed by atoms with Gasteiger partial charge in [0, 0.05) is 11.8 Å². The van der Waals surface area contributed by atoms with Crippen molar-refractivity contribution in [3.8, 4) is 11.3 Å². The van der Waals surface area contributed by atoms with Crippen LogP contribution in [0.5, 0.6) is 0 Å². The molecule has 0 aliphatic heterocycles. The van der Waals surface area contributed by atoms with E-state index in [-0.39, 0.29) is 13.0 Å². The van der Waals surface area contributed by atoms with Gasteiger partial charge in [-0.3, -0.25) is 9.48 Å². The second-order valence-corrected chi connectivity index (χ2v) is 3.98. The van der Waals surface area contributed by atoms with Gasteiger partial charge in [-0.15, -0.1) is 0 Å². The first-order chi connectivity index (χ1) is 8.66. The molecule has 0 amide bonds. The molecule has 0 saturated carbocycles. The van der Waals surface area contributed by atoms with Crippen LogP contribution in [0.2, 0.25) is 0 Å². The maximum Gasteiger partial charge on any atom is 0.305 e. The van der Waals surface area contributed by atoms with E-state index in [9.17, 15) is 4.79 Å². The molecule has 1 N–H and O–H groups in total. The minimum Gasteiger partial charge on any atom is -0.481 e. The largest absolute Gasteiger partial charge is 0.481 e. The molecule has 2 aromatic rings. The van der Waals surface area contributed by atoms with E-state index in [1.165, 1.54) is 4.68 Å². The molecule has 0 fully saturated rings. The predicted octanol–water partition coefficient (Wildman–Crippen LogP) is 1.54. The average Bonchev–Trinajstić information content (AvgIpc) is 2.38. The highest BCUT2D eigenvalue weighted by Gasteiger charge is 2.03. The molecule has 6 nitrogen and oxygen atoms in total. The van der Waals surface area contributed by atoms with Crippen LogP contribution in [0.4, 0.5) is 0 Å². The first kappa shape index (κ1) is 12.3. The third-order valence-corrected chi connectivity index (χ3v) is 2.60. The normalized spacial score (nSPS) is 10.2. The van der Waals surface area contributed by atoms with E-state index in [4.69, 9.17) is 17.3 Å². The lowest BCUT2D eigenvalue weighted by atomic mass is 10.2. The number of aromatic nitrogens is 4. The Labute approximate surface area is 108 Å². The molecular weight excluding hydrogens is 252 g/mol. The van der Waals surface area contributed by atoms with Crippen LogP contribution in [0.25, 0.3) is 11.3 Å². The average molecular weight is 262 g/mol. The number of hydrogen-bond acceptors (Lipinski definition) is 5. The monoisotopic (exact) mass is 262 g/mol. The molecule has 2 heterocycles. The summed E-state index contributed by atoms with van der Waals surface area (Å²) >= 11 is 5.15. The third-order valence-electron chi connectivity index (χ3n) is 2.28. The number of aliphatic carboxylic acids is 1. The molecule has 92 valence electrons. The van der Waals surface area contributed by atoms with Crippen molar-refractivity contribution in [2.75, 3.05) is 0 Å². The fraction of sp³-hybridized carbons (Fsp3) is 0.182.